The Hall–Kier alpha value is -0.900. The summed E-state index contributed by atoms with van der Waals surface area (Å²) in [7, 11) is 1.96. The van der Waals surface area contributed by atoms with Crippen molar-refractivity contribution in [2.45, 2.75) is 51.4 Å². The second-order valence-electron chi connectivity index (χ2n) is 5.22. The highest BCUT2D eigenvalue weighted by Crippen LogP contribution is 2.34. The van der Waals surface area contributed by atoms with Crippen molar-refractivity contribution in [3.63, 3.8) is 0 Å². The molecule has 1 fully saturated rings. The van der Waals surface area contributed by atoms with E-state index < -0.39 is 0 Å². The highest BCUT2D eigenvalue weighted by molar-refractivity contribution is 4.97. The summed E-state index contributed by atoms with van der Waals surface area (Å²) >= 11 is 0. The molecule has 0 spiro atoms. The Bertz CT molecular complexity index is 337. The van der Waals surface area contributed by atoms with E-state index >= 15 is 0 Å². The zero-order chi connectivity index (χ0) is 12.1. The molecule has 2 rings (SSSR count). The van der Waals surface area contributed by atoms with Crippen LogP contribution in [0, 0.1) is 5.92 Å². The smallest absolute Gasteiger partial charge is 0.226 e. The lowest BCUT2D eigenvalue weighted by Crippen LogP contribution is -2.13. The molecule has 0 radical (unpaired) electrons. The summed E-state index contributed by atoms with van der Waals surface area (Å²) in [5, 5.41) is 7.27. The SMILES string of the molecule is CNCCCc1nc(C2CCCC(C)C2)no1. The normalized spacial score (nSPS) is 25.1. The minimum absolute atomic E-state index is 0.528. The minimum atomic E-state index is 0.528. The van der Waals surface area contributed by atoms with Crippen molar-refractivity contribution in [3.8, 4) is 0 Å². The number of nitrogens with zero attached hydrogens (tertiary/aromatic N) is 2. The van der Waals surface area contributed by atoms with Crippen LogP contribution in [0.3, 0.4) is 0 Å². The maximum Gasteiger partial charge on any atom is 0.226 e. The molecule has 0 amide bonds. The second-order valence-corrected chi connectivity index (χ2v) is 5.22. The van der Waals surface area contributed by atoms with Crippen LogP contribution in [-0.2, 0) is 6.42 Å². The Labute approximate surface area is 103 Å². The number of hydrogen-bond acceptors (Lipinski definition) is 4. The Balaban J connectivity index is 1.88. The maximum absolute atomic E-state index is 5.31. The number of rotatable bonds is 5. The topological polar surface area (TPSA) is 51.0 Å². The van der Waals surface area contributed by atoms with Crippen LogP contribution in [-0.4, -0.2) is 23.7 Å². The van der Waals surface area contributed by atoms with Gasteiger partial charge in [-0.25, -0.2) is 0 Å². The summed E-state index contributed by atoms with van der Waals surface area (Å²) in [6, 6.07) is 0. The van der Waals surface area contributed by atoms with Crippen LogP contribution < -0.4 is 5.32 Å². The molecule has 1 aromatic heterocycles. The minimum Gasteiger partial charge on any atom is -0.339 e. The van der Waals surface area contributed by atoms with Crippen LogP contribution in [0.1, 0.15) is 56.7 Å². The van der Waals surface area contributed by atoms with Gasteiger partial charge in [-0.15, -0.1) is 0 Å². The van der Waals surface area contributed by atoms with E-state index in [1.807, 2.05) is 7.05 Å². The van der Waals surface area contributed by atoms with Crippen molar-refractivity contribution < 1.29 is 4.52 Å². The molecule has 0 aliphatic heterocycles. The standard InChI is InChI=1S/C13H23N3O/c1-10-5-3-6-11(9-10)13-15-12(17-16-13)7-4-8-14-2/h10-11,14H,3-9H2,1-2H3. The van der Waals surface area contributed by atoms with Gasteiger partial charge in [0, 0.05) is 12.3 Å². The average molecular weight is 237 g/mol. The van der Waals surface area contributed by atoms with Gasteiger partial charge in [0.2, 0.25) is 5.89 Å². The van der Waals surface area contributed by atoms with Crippen molar-refractivity contribution >= 4 is 0 Å². The van der Waals surface area contributed by atoms with Crippen LogP contribution >= 0.6 is 0 Å². The van der Waals surface area contributed by atoms with Gasteiger partial charge in [-0.3, -0.25) is 0 Å². The predicted octanol–water partition coefficient (Wildman–Crippen LogP) is 2.52. The molecule has 96 valence electrons. The summed E-state index contributed by atoms with van der Waals surface area (Å²) < 4.78 is 5.31. The van der Waals surface area contributed by atoms with E-state index in [2.05, 4.69) is 22.4 Å². The lowest BCUT2D eigenvalue weighted by molar-refractivity contribution is 0.319. The second kappa shape index (κ2) is 6.15. The van der Waals surface area contributed by atoms with Gasteiger partial charge in [0.25, 0.3) is 0 Å². The van der Waals surface area contributed by atoms with Gasteiger partial charge in [0.1, 0.15) is 0 Å². The number of nitrogens with one attached hydrogen (secondary N) is 1. The molecule has 1 aromatic rings. The Kier molecular flexibility index (Phi) is 4.54. The lowest BCUT2D eigenvalue weighted by Gasteiger charge is -2.23. The van der Waals surface area contributed by atoms with Gasteiger partial charge >= 0.3 is 0 Å². The van der Waals surface area contributed by atoms with Crippen molar-refractivity contribution in [1.82, 2.24) is 15.5 Å². The number of aromatic nitrogens is 2. The summed E-state index contributed by atoms with van der Waals surface area (Å²) in [6.45, 7) is 3.32. The first-order chi connectivity index (χ1) is 8.29. The molecule has 1 saturated carbocycles. The van der Waals surface area contributed by atoms with E-state index in [1.54, 1.807) is 0 Å². The average Bonchev–Trinajstić information content (AvgIpc) is 2.78. The fraction of sp³-hybridized carbons (Fsp3) is 0.846. The lowest BCUT2D eigenvalue weighted by atomic mass is 9.82. The molecule has 0 saturated heterocycles. The fourth-order valence-electron chi connectivity index (χ4n) is 2.62. The summed E-state index contributed by atoms with van der Waals surface area (Å²) in [5.74, 6) is 3.07. The third kappa shape index (κ3) is 3.53. The van der Waals surface area contributed by atoms with Crippen molar-refractivity contribution in [1.29, 1.82) is 0 Å². The van der Waals surface area contributed by atoms with E-state index in [1.165, 1.54) is 25.7 Å². The Morgan fingerprint density at radius 2 is 2.29 bits per heavy atom. The maximum atomic E-state index is 5.31. The molecule has 0 bridgehead atoms. The summed E-state index contributed by atoms with van der Waals surface area (Å²) in [4.78, 5) is 4.53. The van der Waals surface area contributed by atoms with Gasteiger partial charge in [-0.2, -0.15) is 4.98 Å². The first-order valence-corrected chi connectivity index (χ1v) is 6.76. The van der Waals surface area contributed by atoms with Gasteiger partial charge in [0.05, 0.1) is 0 Å². The van der Waals surface area contributed by atoms with Crippen LogP contribution in [0.4, 0.5) is 0 Å². The zero-order valence-electron chi connectivity index (χ0n) is 10.9. The zero-order valence-corrected chi connectivity index (χ0v) is 10.9. The molecular weight excluding hydrogens is 214 g/mol. The number of hydrogen-bond donors (Lipinski definition) is 1. The molecule has 1 aliphatic carbocycles. The Morgan fingerprint density at radius 3 is 3.06 bits per heavy atom. The van der Waals surface area contributed by atoms with E-state index in [-0.39, 0.29) is 0 Å². The van der Waals surface area contributed by atoms with Crippen LogP contribution in [0.15, 0.2) is 4.52 Å². The van der Waals surface area contributed by atoms with E-state index in [0.717, 1.165) is 37.0 Å². The molecule has 1 N–H and O–H groups in total. The molecule has 2 atom stereocenters. The quantitative estimate of drug-likeness (QED) is 0.799. The predicted molar refractivity (Wildman–Crippen MR) is 66.9 cm³/mol. The Morgan fingerprint density at radius 1 is 1.41 bits per heavy atom. The largest absolute Gasteiger partial charge is 0.339 e. The third-order valence-electron chi connectivity index (χ3n) is 3.60. The monoisotopic (exact) mass is 237 g/mol. The third-order valence-corrected chi connectivity index (χ3v) is 3.60. The first-order valence-electron chi connectivity index (χ1n) is 6.76. The highest BCUT2D eigenvalue weighted by Gasteiger charge is 2.24. The van der Waals surface area contributed by atoms with Crippen LogP contribution in [0.5, 0.6) is 0 Å². The molecule has 17 heavy (non-hydrogen) atoms. The summed E-state index contributed by atoms with van der Waals surface area (Å²) in [5.41, 5.74) is 0. The van der Waals surface area contributed by atoms with E-state index in [4.69, 9.17) is 4.52 Å². The first kappa shape index (κ1) is 12.6. The summed E-state index contributed by atoms with van der Waals surface area (Å²) in [6.07, 6.45) is 7.03. The molecule has 1 aliphatic rings. The van der Waals surface area contributed by atoms with Crippen molar-refractivity contribution in [3.05, 3.63) is 11.7 Å². The van der Waals surface area contributed by atoms with Gasteiger partial charge in [-0.05, 0) is 38.8 Å². The molecular formula is C13H23N3O. The van der Waals surface area contributed by atoms with Crippen molar-refractivity contribution in [2.75, 3.05) is 13.6 Å². The molecule has 4 nitrogen and oxygen atoms in total. The molecule has 1 heterocycles. The molecule has 2 unspecified atom stereocenters. The number of aryl methyl sites for hydroxylation is 1. The molecule has 4 heteroatoms. The fourth-order valence-corrected chi connectivity index (χ4v) is 2.62. The van der Waals surface area contributed by atoms with Crippen LogP contribution in [0.2, 0.25) is 0 Å². The van der Waals surface area contributed by atoms with E-state index in [0.29, 0.717) is 5.92 Å². The highest BCUT2D eigenvalue weighted by atomic mass is 16.5. The van der Waals surface area contributed by atoms with Gasteiger partial charge in [-0.1, -0.05) is 24.9 Å². The van der Waals surface area contributed by atoms with Crippen molar-refractivity contribution in [2.24, 2.45) is 5.92 Å². The molecule has 0 aromatic carbocycles. The van der Waals surface area contributed by atoms with Gasteiger partial charge < -0.3 is 9.84 Å². The van der Waals surface area contributed by atoms with Crippen LogP contribution in [0.25, 0.3) is 0 Å². The van der Waals surface area contributed by atoms with Gasteiger partial charge in [0.15, 0.2) is 5.82 Å². The van der Waals surface area contributed by atoms with E-state index in [9.17, 15) is 0 Å².